The van der Waals surface area contributed by atoms with Crippen LogP contribution >= 0.6 is 0 Å². The lowest BCUT2D eigenvalue weighted by atomic mass is 10.0. The van der Waals surface area contributed by atoms with Crippen LogP contribution in [0.25, 0.3) is 11.3 Å². The molecule has 0 bridgehead atoms. The monoisotopic (exact) mass is 215 g/mol. The summed E-state index contributed by atoms with van der Waals surface area (Å²) in [6.45, 7) is 1.93. The molecule has 82 valence electrons. The van der Waals surface area contributed by atoms with Gasteiger partial charge in [-0.1, -0.05) is 0 Å². The van der Waals surface area contributed by atoms with Gasteiger partial charge in [-0.25, -0.2) is 0 Å². The molecule has 2 rings (SSSR count). The van der Waals surface area contributed by atoms with Crippen LogP contribution in [0.5, 0.6) is 5.75 Å². The van der Waals surface area contributed by atoms with Gasteiger partial charge in [0, 0.05) is 11.8 Å². The second-order valence-corrected chi connectivity index (χ2v) is 3.71. The van der Waals surface area contributed by atoms with Gasteiger partial charge in [-0.3, -0.25) is 4.98 Å². The number of aromatic hydroxyl groups is 1. The number of hydrogen-bond donors (Lipinski definition) is 2. The first kappa shape index (κ1) is 10.6. The predicted octanol–water partition coefficient (Wildman–Crippen LogP) is 2.25. The van der Waals surface area contributed by atoms with Gasteiger partial charge in [0.25, 0.3) is 0 Å². The van der Waals surface area contributed by atoms with E-state index >= 15 is 0 Å². The van der Waals surface area contributed by atoms with Crippen molar-refractivity contribution in [2.45, 2.75) is 13.5 Å². The van der Waals surface area contributed by atoms with E-state index in [4.69, 9.17) is 5.11 Å². The van der Waals surface area contributed by atoms with Gasteiger partial charge in [-0.05, 0) is 48.4 Å². The second kappa shape index (κ2) is 4.33. The van der Waals surface area contributed by atoms with Gasteiger partial charge in [-0.15, -0.1) is 0 Å². The van der Waals surface area contributed by atoms with E-state index in [2.05, 4.69) is 4.98 Å². The molecule has 0 aliphatic carbocycles. The molecule has 0 saturated heterocycles. The van der Waals surface area contributed by atoms with Crippen LogP contribution in [0.4, 0.5) is 0 Å². The third-order valence-electron chi connectivity index (χ3n) is 2.49. The zero-order valence-electron chi connectivity index (χ0n) is 9.01. The molecule has 2 N–H and O–H groups in total. The molecule has 0 amide bonds. The van der Waals surface area contributed by atoms with Crippen molar-refractivity contribution in [2.24, 2.45) is 0 Å². The highest BCUT2D eigenvalue weighted by atomic mass is 16.3. The van der Waals surface area contributed by atoms with Crippen molar-refractivity contribution in [1.82, 2.24) is 4.98 Å². The topological polar surface area (TPSA) is 53.4 Å². The van der Waals surface area contributed by atoms with E-state index in [0.29, 0.717) is 0 Å². The molecule has 0 saturated carbocycles. The lowest BCUT2D eigenvalue weighted by Gasteiger charge is -2.06. The molecule has 0 aliphatic heterocycles. The number of rotatable bonds is 2. The lowest BCUT2D eigenvalue weighted by molar-refractivity contribution is 0.282. The quantitative estimate of drug-likeness (QED) is 0.807. The summed E-state index contributed by atoms with van der Waals surface area (Å²) in [5.74, 6) is 0.250. The summed E-state index contributed by atoms with van der Waals surface area (Å²) in [6.07, 6.45) is 1.67. The Morgan fingerprint density at radius 2 is 2.00 bits per heavy atom. The van der Waals surface area contributed by atoms with Crippen LogP contribution in [0.3, 0.4) is 0 Å². The van der Waals surface area contributed by atoms with Crippen LogP contribution in [0.15, 0.2) is 36.5 Å². The molecule has 1 aromatic carbocycles. The van der Waals surface area contributed by atoms with Crippen LogP contribution in [0, 0.1) is 6.92 Å². The van der Waals surface area contributed by atoms with Gasteiger partial charge in [0.1, 0.15) is 5.75 Å². The zero-order valence-corrected chi connectivity index (χ0v) is 9.01. The molecular weight excluding hydrogens is 202 g/mol. The molecule has 3 nitrogen and oxygen atoms in total. The van der Waals surface area contributed by atoms with Gasteiger partial charge >= 0.3 is 0 Å². The summed E-state index contributed by atoms with van der Waals surface area (Å²) in [7, 11) is 0. The van der Waals surface area contributed by atoms with Crippen LogP contribution < -0.4 is 0 Å². The van der Waals surface area contributed by atoms with Crippen LogP contribution in [0.2, 0.25) is 0 Å². The Morgan fingerprint density at radius 3 is 2.69 bits per heavy atom. The van der Waals surface area contributed by atoms with Gasteiger partial charge in [0.2, 0.25) is 0 Å². The molecule has 0 aliphatic rings. The summed E-state index contributed by atoms with van der Waals surface area (Å²) >= 11 is 0. The molecule has 0 spiro atoms. The summed E-state index contributed by atoms with van der Waals surface area (Å²) < 4.78 is 0. The fourth-order valence-corrected chi connectivity index (χ4v) is 1.66. The molecule has 0 radical (unpaired) electrons. The Morgan fingerprint density at radius 1 is 1.19 bits per heavy atom. The average Bonchev–Trinajstić information content (AvgIpc) is 2.29. The normalized spacial score (nSPS) is 10.4. The maximum atomic E-state index is 9.32. The number of aromatic nitrogens is 1. The number of aliphatic hydroxyl groups excluding tert-OH is 1. The molecule has 0 unspecified atom stereocenters. The van der Waals surface area contributed by atoms with E-state index in [0.717, 1.165) is 22.4 Å². The Balaban J connectivity index is 2.49. The highest BCUT2D eigenvalue weighted by molar-refractivity contribution is 5.64. The zero-order chi connectivity index (χ0) is 11.5. The SMILES string of the molecule is Cc1cc(O)ccc1-c1cc(CO)ccn1. The molecule has 2 aromatic rings. The summed E-state index contributed by atoms with van der Waals surface area (Å²) in [5, 5.41) is 18.4. The first-order chi connectivity index (χ1) is 7.70. The number of pyridine rings is 1. The van der Waals surface area contributed by atoms with Crippen molar-refractivity contribution >= 4 is 0 Å². The summed E-state index contributed by atoms with van der Waals surface area (Å²) in [5.41, 5.74) is 3.57. The number of phenols is 1. The number of benzene rings is 1. The van der Waals surface area contributed by atoms with Crippen molar-refractivity contribution in [1.29, 1.82) is 0 Å². The number of nitrogens with zero attached hydrogens (tertiary/aromatic N) is 1. The molecule has 1 aromatic heterocycles. The largest absolute Gasteiger partial charge is 0.508 e. The van der Waals surface area contributed by atoms with E-state index in [1.165, 1.54) is 0 Å². The van der Waals surface area contributed by atoms with Crippen LogP contribution in [-0.2, 0) is 6.61 Å². The minimum absolute atomic E-state index is 0.00660. The van der Waals surface area contributed by atoms with Gasteiger partial charge in [0.15, 0.2) is 0 Å². The molecule has 1 heterocycles. The van der Waals surface area contributed by atoms with E-state index in [9.17, 15) is 5.11 Å². The highest BCUT2D eigenvalue weighted by Crippen LogP contribution is 2.25. The van der Waals surface area contributed by atoms with Crippen LogP contribution in [0.1, 0.15) is 11.1 Å². The third kappa shape index (κ3) is 2.04. The molecule has 0 atom stereocenters. The van der Waals surface area contributed by atoms with Gasteiger partial charge < -0.3 is 10.2 Å². The minimum Gasteiger partial charge on any atom is -0.508 e. The highest BCUT2D eigenvalue weighted by Gasteiger charge is 2.04. The predicted molar refractivity (Wildman–Crippen MR) is 62.0 cm³/mol. The van der Waals surface area contributed by atoms with Crippen molar-refractivity contribution in [3.8, 4) is 17.0 Å². The number of aliphatic hydroxyl groups is 1. The number of phenolic OH excluding ortho intramolecular Hbond substituents is 1. The first-order valence-corrected chi connectivity index (χ1v) is 5.06. The summed E-state index contributed by atoms with van der Waals surface area (Å²) in [4.78, 5) is 4.26. The van der Waals surface area contributed by atoms with E-state index < -0.39 is 0 Å². The van der Waals surface area contributed by atoms with Crippen molar-refractivity contribution in [3.05, 3.63) is 47.7 Å². The molecule has 16 heavy (non-hydrogen) atoms. The molecular formula is C13H13NO2. The number of aryl methyl sites for hydroxylation is 1. The second-order valence-electron chi connectivity index (χ2n) is 3.71. The Kier molecular flexibility index (Phi) is 2.88. The fraction of sp³-hybridized carbons (Fsp3) is 0.154. The minimum atomic E-state index is 0.00660. The fourth-order valence-electron chi connectivity index (χ4n) is 1.66. The Labute approximate surface area is 94.0 Å². The Bertz CT molecular complexity index is 509. The summed E-state index contributed by atoms with van der Waals surface area (Å²) in [6, 6.07) is 8.78. The lowest BCUT2D eigenvalue weighted by Crippen LogP contribution is -1.90. The average molecular weight is 215 g/mol. The number of hydrogen-bond acceptors (Lipinski definition) is 3. The van der Waals surface area contributed by atoms with Gasteiger partial charge in [0.05, 0.1) is 12.3 Å². The molecule has 0 fully saturated rings. The smallest absolute Gasteiger partial charge is 0.115 e. The third-order valence-corrected chi connectivity index (χ3v) is 2.49. The Hall–Kier alpha value is -1.87. The maximum Gasteiger partial charge on any atom is 0.115 e. The van der Waals surface area contributed by atoms with E-state index in [1.807, 2.05) is 19.1 Å². The van der Waals surface area contributed by atoms with Crippen molar-refractivity contribution in [2.75, 3.05) is 0 Å². The van der Waals surface area contributed by atoms with E-state index in [1.54, 1.807) is 24.4 Å². The molecule has 3 heteroatoms. The van der Waals surface area contributed by atoms with Gasteiger partial charge in [-0.2, -0.15) is 0 Å². The van der Waals surface area contributed by atoms with Crippen LogP contribution in [-0.4, -0.2) is 15.2 Å². The van der Waals surface area contributed by atoms with E-state index in [-0.39, 0.29) is 12.4 Å². The standard InChI is InChI=1S/C13H13NO2/c1-9-6-11(16)2-3-12(9)13-7-10(8-15)4-5-14-13/h2-7,15-16H,8H2,1H3. The van der Waals surface area contributed by atoms with Crippen molar-refractivity contribution < 1.29 is 10.2 Å². The first-order valence-electron chi connectivity index (χ1n) is 5.06. The van der Waals surface area contributed by atoms with Crippen molar-refractivity contribution in [3.63, 3.8) is 0 Å². The maximum absolute atomic E-state index is 9.32.